The van der Waals surface area contributed by atoms with Gasteiger partial charge in [0.05, 0.1) is 12.4 Å². The molecule has 1 aliphatic rings. The zero-order chi connectivity index (χ0) is 26.9. The van der Waals surface area contributed by atoms with Crippen molar-refractivity contribution in [2.45, 2.75) is 0 Å². The molecule has 0 unspecified atom stereocenters. The Bertz CT molecular complexity index is 2310. The first kappa shape index (κ1) is 22.3. The Morgan fingerprint density at radius 2 is 1.15 bits per heavy atom. The minimum Gasteiger partial charge on any atom is -0.201 e. The summed E-state index contributed by atoms with van der Waals surface area (Å²) in [6, 6.07) is 47.6. The standard InChI is InChI=1S/C38H24N3/c1-2-14-27(15-3-1)40-23-26-13-5-11-21-34(26)39-38(40)41-24-33-31-19-8-7-17-29(31)30-18-9-10-20-32(30)36-28-16-6-4-12-25(28)22-35(41)37(33)36/h1-24H/q+1. The van der Waals surface area contributed by atoms with Crippen LogP contribution in [0.4, 0.5) is 0 Å². The zero-order valence-corrected chi connectivity index (χ0v) is 22.2. The fraction of sp³-hybridized carbons (Fsp3) is 0. The SMILES string of the molecule is c1ccc(-[n+]2cc3ccccc3nc2-n2cc3c4c(c5ccccc5cc42)-c2ccccc2-c2ccccc2-3)cc1. The van der Waals surface area contributed by atoms with Gasteiger partial charge in [0, 0.05) is 21.9 Å². The summed E-state index contributed by atoms with van der Waals surface area (Å²) in [7, 11) is 0. The van der Waals surface area contributed by atoms with Gasteiger partial charge >= 0.3 is 5.95 Å². The number of rotatable bonds is 2. The topological polar surface area (TPSA) is 21.7 Å². The van der Waals surface area contributed by atoms with Crippen LogP contribution in [-0.2, 0) is 0 Å². The summed E-state index contributed by atoms with van der Waals surface area (Å²) in [5.74, 6) is 0.860. The lowest BCUT2D eigenvalue weighted by atomic mass is 9.91. The summed E-state index contributed by atoms with van der Waals surface area (Å²) >= 11 is 0. The predicted molar refractivity (Wildman–Crippen MR) is 167 cm³/mol. The van der Waals surface area contributed by atoms with Crippen molar-refractivity contribution >= 4 is 32.6 Å². The highest BCUT2D eigenvalue weighted by molar-refractivity contribution is 6.21. The molecule has 6 aromatic carbocycles. The number of nitrogens with zero attached hydrogens (tertiary/aromatic N) is 3. The van der Waals surface area contributed by atoms with Crippen LogP contribution in [0.2, 0.25) is 0 Å². The Morgan fingerprint density at radius 1 is 0.537 bits per heavy atom. The van der Waals surface area contributed by atoms with E-state index < -0.39 is 0 Å². The molecule has 3 heteroatoms. The van der Waals surface area contributed by atoms with Gasteiger partial charge in [0.2, 0.25) is 0 Å². The number of hydrogen-bond donors (Lipinski definition) is 0. The van der Waals surface area contributed by atoms with Crippen LogP contribution in [0.3, 0.4) is 0 Å². The van der Waals surface area contributed by atoms with E-state index in [0.29, 0.717) is 0 Å². The molecular weight excluding hydrogens is 498 g/mol. The molecule has 3 nitrogen and oxygen atoms in total. The van der Waals surface area contributed by atoms with E-state index >= 15 is 0 Å². The van der Waals surface area contributed by atoms with E-state index in [1.54, 1.807) is 0 Å². The predicted octanol–water partition coefficient (Wildman–Crippen LogP) is 8.92. The molecule has 1 aliphatic carbocycles. The molecule has 190 valence electrons. The second-order valence-corrected chi connectivity index (χ2v) is 10.7. The molecule has 0 bridgehead atoms. The van der Waals surface area contributed by atoms with Crippen molar-refractivity contribution in [1.29, 1.82) is 0 Å². The molecule has 2 heterocycles. The van der Waals surface area contributed by atoms with Crippen LogP contribution in [0.15, 0.2) is 146 Å². The van der Waals surface area contributed by atoms with E-state index in [1.165, 1.54) is 49.5 Å². The van der Waals surface area contributed by atoms with E-state index in [1.807, 2.05) is 0 Å². The van der Waals surface area contributed by atoms with Crippen LogP contribution in [0.5, 0.6) is 0 Å². The summed E-state index contributed by atoms with van der Waals surface area (Å²) < 4.78 is 4.51. The molecule has 0 N–H and O–H groups in total. The van der Waals surface area contributed by atoms with Gasteiger partial charge in [-0.15, -0.1) is 0 Å². The van der Waals surface area contributed by atoms with Crippen LogP contribution < -0.4 is 4.57 Å². The maximum atomic E-state index is 5.30. The molecule has 0 amide bonds. The van der Waals surface area contributed by atoms with Crippen molar-refractivity contribution < 1.29 is 4.57 Å². The molecule has 0 spiro atoms. The highest BCUT2D eigenvalue weighted by atomic mass is 15.2. The van der Waals surface area contributed by atoms with Crippen LogP contribution in [0.1, 0.15) is 0 Å². The Morgan fingerprint density at radius 3 is 1.95 bits per heavy atom. The van der Waals surface area contributed by atoms with Gasteiger partial charge in [0.25, 0.3) is 0 Å². The van der Waals surface area contributed by atoms with Gasteiger partial charge in [-0.25, -0.2) is 9.13 Å². The number of para-hydroxylation sites is 2. The Hall–Kier alpha value is -5.54. The third kappa shape index (κ3) is 3.20. The molecule has 8 aromatic rings. The van der Waals surface area contributed by atoms with E-state index in [2.05, 4.69) is 155 Å². The summed E-state index contributed by atoms with van der Waals surface area (Å²) in [5, 5.41) is 4.84. The largest absolute Gasteiger partial charge is 0.409 e. The fourth-order valence-corrected chi connectivity index (χ4v) is 6.60. The Labute approximate surface area is 237 Å². The molecule has 0 saturated carbocycles. The van der Waals surface area contributed by atoms with Crippen molar-refractivity contribution in [1.82, 2.24) is 9.55 Å². The van der Waals surface area contributed by atoms with E-state index in [4.69, 9.17) is 4.98 Å². The monoisotopic (exact) mass is 522 g/mol. The van der Waals surface area contributed by atoms with Crippen LogP contribution >= 0.6 is 0 Å². The highest BCUT2D eigenvalue weighted by Gasteiger charge is 2.30. The van der Waals surface area contributed by atoms with Gasteiger partial charge in [-0.1, -0.05) is 108 Å². The Balaban J connectivity index is 1.49. The molecule has 41 heavy (non-hydrogen) atoms. The third-order valence-electron chi connectivity index (χ3n) is 8.41. The summed E-state index contributed by atoms with van der Waals surface area (Å²) in [5.41, 5.74) is 10.7. The fourth-order valence-electron chi connectivity index (χ4n) is 6.60. The van der Waals surface area contributed by atoms with E-state index in [0.717, 1.165) is 28.1 Å². The van der Waals surface area contributed by atoms with E-state index in [9.17, 15) is 0 Å². The van der Waals surface area contributed by atoms with Gasteiger partial charge in [0.1, 0.15) is 11.2 Å². The molecular formula is C38H24N3+. The first-order chi connectivity index (χ1) is 20.3. The van der Waals surface area contributed by atoms with Gasteiger partial charge in [-0.3, -0.25) is 0 Å². The molecule has 2 aromatic heterocycles. The lowest BCUT2D eigenvalue weighted by Crippen LogP contribution is -2.36. The van der Waals surface area contributed by atoms with Crippen molar-refractivity contribution in [2.75, 3.05) is 0 Å². The molecule has 0 saturated heterocycles. The van der Waals surface area contributed by atoms with Gasteiger partial charge in [-0.05, 0) is 63.4 Å². The van der Waals surface area contributed by atoms with E-state index in [-0.39, 0.29) is 0 Å². The third-order valence-corrected chi connectivity index (χ3v) is 8.41. The summed E-state index contributed by atoms with van der Waals surface area (Å²) in [4.78, 5) is 5.30. The average molecular weight is 523 g/mol. The number of hydrogen-bond acceptors (Lipinski definition) is 1. The lowest BCUT2D eigenvalue weighted by Gasteiger charge is -2.13. The Kier molecular flexibility index (Phi) is 4.61. The molecule has 0 atom stereocenters. The minimum absolute atomic E-state index is 0.860. The number of aromatic nitrogens is 3. The van der Waals surface area contributed by atoms with Gasteiger partial charge in [0.15, 0.2) is 5.52 Å². The smallest absolute Gasteiger partial charge is 0.201 e. The number of fused-ring (bicyclic) bond motifs is 8. The second-order valence-electron chi connectivity index (χ2n) is 10.7. The van der Waals surface area contributed by atoms with Crippen molar-refractivity contribution in [3.8, 4) is 45.0 Å². The first-order valence-electron chi connectivity index (χ1n) is 14.0. The van der Waals surface area contributed by atoms with Crippen LogP contribution in [-0.4, -0.2) is 9.55 Å². The lowest BCUT2D eigenvalue weighted by molar-refractivity contribution is -0.591. The van der Waals surface area contributed by atoms with Crippen molar-refractivity contribution in [3.05, 3.63) is 146 Å². The second kappa shape index (κ2) is 8.48. The average Bonchev–Trinajstić information content (AvgIpc) is 3.36. The first-order valence-corrected chi connectivity index (χ1v) is 14.0. The maximum Gasteiger partial charge on any atom is 0.409 e. The quantitative estimate of drug-likeness (QED) is 0.208. The normalized spacial score (nSPS) is 11.9. The van der Waals surface area contributed by atoms with Crippen molar-refractivity contribution in [3.63, 3.8) is 0 Å². The van der Waals surface area contributed by atoms with Gasteiger partial charge in [-0.2, -0.15) is 0 Å². The van der Waals surface area contributed by atoms with Crippen LogP contribution in [0.25, 0.3) is 77.6 Å². The number of benzene rings is 6. The zero-order valence-electron chi connectivity index (χ0n) is 22.2. The molecule has 0 radical (unpaired) electrons. The van der Waals surface area contributed by atoms with Crippen molar-refractivity contribution in [2.24, 2.45) is 0 Å². The highest BCUT2D eigenvalue weighted by Crippen LogP contribution is 2.50. The van der Waals surface area contributed by atoms with Gasteiger partial charge < -0.3 is 0 Å². The summed E-state index contributed by atoms with van der Waals surface area (Å²) in [6.45, 7) is 0. The maximum absolute atomic E-state index is 5.30. The van der Waals surface area contributed by atoms with Crippen LogP contribution in [0, 0.1) is 0 Å². The molecule has 9 rings (SSSR count). The molecule has 0 aliphatic heterocycles. The molecule has 0 fully saturated rings. The minimum atomic E-state index is 0.860. The summed E-state index contributed by atoms with van der Waals surface area (Å²) in [6.07, 6.45) is 4.50.